The second-order valence-electron chi connectivity index (χ2n) is 4.51. The van der Waals surface area contributed by atoms with Crippen LogP contribution in [-0.2, 0) is 10.0 Å². The molecule has 1 saturated heterocycles. The molecule has 1 fully saturated rings. The van der Waals surface area contributed by atoms with Gasteiger partial charge in [0.05, 0.1) is 5.25 Å². The van der Waals surface area contributed by atoms with Gasteiger partial charge in [-0.3, -0.25) is 0 Å². The maximum atomic E-state index is 11.5. The van der Waals surface area contributed by atoms with Crippen molar-refractivity contribution in [2.45, 2.75) is 38.4 Å². The van der Waals surface area contributed by atoms with Gasteiger partial charge in [0.1, 0.15) is 0 Å². The Morgan fingerprint density at radius 3 is 2.80 bits per heavy atom. The Morgan fingerprint density at radius 1 is 1.40 bits per heavy atom. The van der Waals surface area contributed by atoms with E-state index in [0.717, 1.165) is 19.5 Å². The second kappa shape index (κ2) is 5.82. The molecule has 0 aromatic carbocycles. The fourth-order valence-electron chi connectivity index (χ4n) is 1.67. The zero-order valence-corrected chi connectivity index (χ0v) is 10.4. The van der Waals surface area contributed by atoms with Gasteiger partial charge < -0.3 is 5.32 Å². The van der Waals surface area contributed by atoms with Crippen molar-refractivity contribution in [2.24, 2.45) is 5.92 Å². The Labute approximate surface area is 92.9 Å². The van der Waals surface area contributed by atoms with Crippen molar-refractivity contribution in [3.05, 3.63) is 0 Å². The molecule has 1 atom stereocenters. The van der Waals surface area contributed by atoms with Crippen molar-refractivity contribution >= 4 is 10.0 Å². The molecule has 1 rings (SSSR count). The van der Waals surface area contributed by atoms with Crippen molar-refractivity contribution < 1.29 is 8.42 Å². The molecule has 0 saturated carbocycles. The highest BCUT2D eigenvalue weighted by Gasteiger charge is 2.18. The minimum absolute atomic E-state index is 0.337. The summed E-state index contributed by atoms with van der Waals surface area (Å²) in [5.74, 6) is 0.445. The molecule has 0 bridgehead atoms. The average molecular weight is 234 g/mol. The van der Waals surface area contributed by atoms with E-state index in [0.29, 0.717) is 12.5 Å². The van der Waals surface area contributed by atoms with E-state index >= 15 is 0 Å². The van der Waals surface area contributed by atoms with Crippen LogP contribution in [-0.4, -0.2) is 33.3 Å². The fourth-order valence-corrected chi connectivity index (χ4v) is 2.47. The molecule has 0 spiro atoms. The lowest BCUT2D eigenvalue weighted by atomic mass is 10.0. The van der Waals surface area contributed by atoms with Crippen molar-refractivity contribution in [3.8, 4) is 0 Å². The third-order valence-corrected chi connectivity index (χ3v) is 4.65. The third-order valence-electron chi connectivity index (χ3n) is 2.84. The minimum Gasteiger partial charge on any atom is -0.316 e. The van der Waals surface area contributed by atoms with Crippen LogP contribution in [0.15, 0.2) is 0 Å². The Morgan fingerprint density at radius 2 is 2.13 bits per heavy atom. The number of hydrogen-bond donors (Lipinski definition) is 2. The summed E-state index contributed by atoms with van der Waals surface area (Å²) in [6, 6.07) is 0. The molecule has 0 aromatic rings. The van der Waals surface area contributed by atoms with Gasteiger partial charge in [0.2, 0.25) is 10.0 Å². The zero-order valence-electron chi connectivity index (χ0n) is 9.62. The minimum atomic E-state index is -3.09. The van der Waals surface area contributed by atoms with Crippen LogP contribution < -0.4 is 10.0 Å². The highest BCUT2D eigenvalue weighted by atomic mass is 32.2. The van der Waals surface area contributed by atoms with Crippen molar-refractivity contribution in [2.75, 3.05) is 19.6 Å². The van der Waals surface area contributed by atoms with Gasteiger partial charge in [-0.25, -0.2) is 13.1 Å². The molecule has 15 heavy (non-hydrogen) atoms. The molecule has 2 N–H and O–H groups in total. The van der Waals surface area contributed by atoms with Gasteiger partial charge in [0, 0.05) is 6.54 Å². The topological polar surface area (TPSA) is 58.2 Å². The molecule has 0 radical (unpaired) electrons. The van der Waals surface area contributed by atoms with E-state index in [1.807, 2.05) is 0 Å². The molecule has 0 amide bonds. The molecule has 1 aliphatic rings. The van der Waals surface area contributed by atoms with Gasteiger partial charge in [0.15, 0.2) is 0 Å². The average Bonchev–Trinajstić information content (AvgIpc) is 2.42. The van der Waals surface area contributed by atoms with E-state index in [2.05, 4.69) is 10.0 Å². The zero-order chi connectivity index (χ0) is 11.3. The fraction of sp³-hybridized carbons (Fsp3) is 1.00. The molecule has 0 aliphatic carbocycles. The van der Waals surface area contributed by atoms with E-state index in [9.17, 15) is 8.42 Å². The first-order valence-electron chi connectivity index (χ1n) is 5.71. The van der Waals surface area contributed by atoms with Crippen LogP contribution in [0.2, 0.25) is 0 Å². The predicted molar refractivity (Wildman–Crippen MR) is 62.3 cm³/mol. The molecule has 1 heterocycles. The smallest absolute Gasteiger partial charge is 0.213 e. The van der Waals surface area contributed by atoms with E-state index in [4.69, 9.17) is 0 Å². The molecule has 90 valence electrons. The maximum Gasteiger partial charge on any atom is 0.213 e. The lowest BCUT2D eigenvalue weighted by Gasteiger charge is -2.16. The maximum absolute atomic E-state index is 11.5. The van der Waals surface area contributed by atoms with Gasteiger partial charge in [-0.1, -0.05) is 6.42 Å². The third kappa shape index (κ3) is 4.49. The quantitative estimate of drug-likeness (QED) is 0.753. The van der Waals surface area contributed by atoms with Crippen molar-refractivity contribution in [1.29, 1.82) is 0 Å². The molecule has 0 aromatic heterocycles. The van der Waals surface area contributed by atoms with E-state index in [1.54, 1.807) is 13.8 Å². The summed E-state index contributed by atoms with van der Waals surface area (Å²) in [5.41, 5.74) is 0. The van der Waals surface area contributed by atoms with Crippen molar-refractivity contribution in [3.63, 3.8) is 0 Å². The Balaban J connectivity index is 2.35. The monoisotopic (exact) mass is 234 g/mol. The second-order valence-corrected chi connectivity index (χ2v) is 6.83. The molecule has 5 heteroatoms. The first-order valence-corrected chi connectivity index (χ1v) is 7.26. The van der Waals surface area contributed by atoms with Gasteiger partial charge >= 0.3 is 0 Å². The lowest BCUT2D eigenvalue weighted by molar-refractivity contribution is 0.467. The predicted octanol–water partition coefficient (Wildman–Crippen LogP) is 0.704. The van der Waals surface area contributed by atoms with Gasteiger partial charge in [0.25, 0.3) is 0 Å². The number of sulfonamides is 1. The summed E-state index contributed by atoms with van der Waals surface area (Å²) in [4.78, 5) is 0. The number of hydrogen-bond acceptors (Lipinski definition) is 3. The highest BCUT2D eigenvalue weighted by molar-refractivity contribution is 7.90. The summed E-state index contributed by atoms with van der Waals surface area (Å²) >= 11 is 0. The van der Waals surface area contributed by atoms with Crippen LogP contribution >= 0.6 is 0 Å². The largest absolute Gasteiger partial charge is 0.316 e. The van der Waals surface area contributed by atoms with Crippen LogP contribution in [0, 0.1) is 5.92 Å². The van der Waals surface area contributed by atoms with Crippen LogP contribution in [0.5, 0.6) is 0 Å². The SMILES string of the molecule is CC(C)S(=O)(=O)NCC1CCCCNC1. The van der Waals surface area contributed by atoms with Crippen molar-refractivity contribution in [1.82, 2.24) is 10.0 Å². The van der Waals surface area contributed by atoms with Crippen LogP contribution in [0.4, 0.5) is 0 Å². The summed E-state index contributed by atoms with van der Waals surface area (Å²) < 4.78 is 25.7. The van der Waals surface area contributed by atoms with Crippen LogP contribution in [0.1, 0.15) is 33.1 Å². The summed E-state index contributed by atoms with van der Waals surface area (Å²) in [7, 11) is -3.09. The molecule has 1 unspecified atom stereocenters. The normalized spacial score (nSPS) is 24.1. The van der Waals surface area contributed by atoms with Crippen LogP contribution in [0.3, 0.4) is 0 Å². The lowest BCUT2D eigenvalue weighted by Crippen LogP contribution is -2.37. The first-order chi connectivity index (χ1) is 7.02. The Hall–Kier alpha value is -0.130. The van der Waals surface area contributed by atoms with E-state index in [-0.39, 0.29) is 5.25 Å². The van der Waals surface area contributed by atoms with Gasteiger partial charge in [-0.05, 0) is 45.7 Å². The van der Waals surface area contributed by atoms with E-state index < -0.39 is 10.0 Å². The first kappa shape index (κ1) is 12.9. The molecular formula is C10H22N2O2S. The summed E-state index contributed by atoms with van der Waals surface area (Å²) in [6.07, 6.45) is 3.52. The number of nitrogens with one attached hydrogen (secondary N) is 2. The van der Waals surface area contributed by atoms with Gasteiger partial charge in [-0.2, -0.15) is 0 Å². The summed E-state index contributed by atoms with van der Waals surface area (Å²) in [5, 5.41) is 2.99. The summed E-state index contributed by atoms with van der Waals surface area (Å²) in [6.45, 7) is 5.98. The highest BCUT2D eigenvalue weighted by Crippen LogP contribution is 2.10. The Kier molecular flexibility index (Phi) is 5.02. The molecule has 1 aliphatic heterocycles. The number of rotatable bonds is 4. The Bertz CT molecular complexity index is 267. The van der Waals surface area contributed by atoms with Gasteiger partial charge in [-0.15, -0.1) is 0 Å². The van der Waals surface area contributed by atoms with E-state index in [1.165, 1.54) is 12.8 Å². The standard InChI is InChI=1S/C10H22N2O2S/c1-9(2)15(13,14)12-8-10-5-3-4-6-11-7-10/h9-12H,3-8H2,1-2H3. The van der Waals surface area contributed by atoms with Crippen LogP contribution in [0.25, 0.3) is 0 Å². The molecular weight excluding hydrogens is 212 g/mol. The molecule has 4 nitrogen and oxygen atoms in total.